The molecule has 0 rings (SSSR count). The van der Waals surface area contributed by atoms with E-state index in [0.717, 1.165) is 19.3 Å². The largest absolute Gasteiger partial charge is 0.513 e. The highest BCUT2D eigenvalue weighted by molar-refractivity contribution is 4.93. The fraction of sp³-hybridized carbons (Fsp3) is 0.636. The lowest BCUT2D eigenvalue weighted by Gasteiger charge is -2.07. The second-order valence-electron chi connectivity index (χ2n) is 3.73. The molecule has 0 heterocycles. The second kappa shape index (κ2) is 5.87. The molecule has 0 aromatic carbocycles. The van der Waals surface area contributed by atoms with Gasteiger partial charge in [0.05, 0.1) is 5.76 Å². The standard InChI is InChI=1S/C11H20O/c1-9(2)6-5-7-10(3)8-11(4)12/h6,10,12H,4-5,7-8H2,1-3H3/t10-/m1/s1. The lowest BCUT2D eigenvalue weighted by Crippen LogP contribution is -1.95. The average Bonchev–Trinajstić information content (AvgIpc) is 1.84. The number of rotatable bonds is 5. The Balaban J connectivity index is 3.50. The molecule has 1 nitrogen and oxygen atoms in total. The van der Waals surface area contributed by atoms with Crippen LogP contribution in [0, 0.1) is 5.92 Å². The van der Waals surface area contributed by atoms with Gasteiger partial charge in [-0.3, -0.25) is 0 Å². The summed E-state index contributed by atoms with van der Waals surface area (Å²) in [6.45, 7) is 9.83. The van der Waals surface area contributed by atoms with E-state index in [9.17, 15) is 0 Å². The quantitative estimate of drug-likeness (QED) is 0.488. The van der Waals surface area contributed by atoms with Gasteiger partial charge < -0.3 is 5.11 Å². The van der Waals surface area contributed by atoms with Crippen LogP contribution in [0.15, 0.2) is 24.0 Å². The Labute approximate surface area is 75.8 Å². The van der Waals surface area contributed by atoms with E-state index in [0.29, 0.717) is 11.7 Å². The molecular formula is C11H20O. The van der Waals surface area contributed by atoms with E-state index in [-0.39, 0.29) is 0 Å². The molecule has 1 heteroatoms. The fourth-order valence-corrected chi connectivity index (χ4v) is 1.16. The first-order valence-electron chi connectivity index (χ1n) is 4.52. The maximum Gasteiger partial charge on any atom is 0.0853 e. The summed E-state index contributed by atoms with van der Waals surface area (Å²) in [5.41, 5.74) is 1.37. The predicted molar refractivity (Wildman–Crippen MR) is 54.2 cm³/mol. The zero-order valence-corrected chi connectivity index (χ0v) is 8.43. The van der Waals surface area contributed by atoms with Crippen LogP contribution in [-0.4, -0.2) is 5.11 Å². The lowest BCUT2D eigenvalue weighted by atomic mass is 10.0. The Morgan fingerprint density at radius 3 is 2.50 bits per heavy atom. The third kappa shape index (κ3) is 7.39. The normalized spacial score (nSPS) is 12.2. The van der Waals surface area contributed by atoms with Crippen LogP contribution >= 0.6 is 0 Å². The molecule has 0 saturated carbocycles. The van der Waals surface area contributed by atoms with Crippen molar-refractivity contribution in [1.29, 1.82) is 0 Å². The number of allylic oxidation sites excluding steroid dienone is 3. The van der Waals surface area contributed by atoms with Crippen LogP contribution in [0.5, 0.6) is 0 Å². The zero-order valence-electron chi connectivity index (χ0n) is 8.43. The minimum atomic E-state index is 0.305. The van der Waals surface area contributed by atoms with Crippen molar-refractivity contribution >= 4 is 0 Å². The molecule has 0 aliphatic rings. The smallest absolute Gasteiger partial charge is 0.0853 e. The molecule has 0 aromatic rings. The van der Waals surface area contributed by atoms with Crippen molar-refractivity contribution in [3.63, 3.8) is 0 Å². The zero-order chi connectivity index (χ0) is 9.56. The van der Waals surface area contributed by atoms with Crippen molar-refractivity contribution in [3.8, 4) is 0 Å². The van der Waals surface area contributed by atoms with Crippen molar-refractivity contribution in [2.24, 2.45) is 5.92 Å². The topological polar surface area (TPSA) is 20.2 Å². The molecule has 0 unspecified atom stereocenters. The molecule has 1 atom stereocenters. The van der Waals surface area contributed by atoms with Crippen LogP contribution in [-0.2, 0) is 0 Å². The summed E-state index contributed by atoms with van der Waals surface area (Å²) < 4.78 is 0. The molecule has 12 heavy (non-hydrogen) atoms. The summed E-state index contributed by atoms with van der Waals surface area (Å²) in [6, 6.07) is 0. The van der Waals surface area contributed by atoms with Gasteiger partial charge in [0, 0.05) is 6.42 Å². The van der Waals surface area contributed by atoms with E-state index in [1.165, 1.54) is 5.57 Å². The molecule has 0 aliphatic heterocycles. The Bertz CT molecular complexity index is 164. The van der Waals surface area contributed by atoms with Gasteiger partial charge in [-0.1, -0.05) is 25.2 Å². The number of hydrogen-bond donors (Lipinski definition) is 1. The van der Waals surface area contributed by atoms with E-state index in [2.05, 4.69) is 33.4 Å². The van der Waals surface area contributed by atoms with Crippen molar-refractivity contribution in [1.82, 2.24) is 0 Å². The molecule has 0 aliphatic carbocycles. The highest BCUT2D eigenvalue weighted by atomic mass is 16.3. The molecule has 70 valence electrons. The molecule has 1 N–H and O–H groups in total. The second-order valence-corrected chi connectivity index (χ2v) is 3.73. The summed E-state index contributed by atoms with van der Waals surface area (Å²) in [4.78, 5) is 0. The molecule has 0 fully saturated rings. The van der Waals surface area contributed by atoms with E-state index in [1.807, 2.05) is 0 Å². The maximum absolute atomic E-state index is 8.92. The Kier molecular flexibility index (Phi) is 5.52. The molecule has 0 amide bonds. The minimum absolute atomic E-state index is 0.305. The number of aliphatic hydroxyl groups is 1. The summed E-state index contributed by atoms with van der Waals surface area (Å²) >= 11 is 0. The van der Waals surface area contributed by atoms with Crippen molar-refractivity contribution in [2.45, 2.75) is 40.0 Å². The van der Waals surface area contributed by atoms with Crippen molar-refractivity contribution in [2.75, 3.05) is 0 Å². The Morgan fingerprint density at radius 2 is 2.08 bits per heavy atom. The number of hydrogen-bond acceptors (Lipinski definition) is 1. The molecule has 0 bridgehead atoms. The van der Waals surface area contributed by atoms with Gasteiger partial charge in [0.2, 0.25) is 0 Å². The van der Waals surface area contributed by atoms with Crippen molar-refractivity contribution in [3.05, 3.63) is 24.0 Å². The first-order valence-corrected chi connectivity index (χ1v) is 4.52. The van der Waals surface area contributed by atoms with Gasteiger partial charge in [0.1, 0.15) is 0 Å². The predicted octanol–water partition coefficient (Wildman–Crippen LogP) is 3.83. The van der Waals surface area contributed by atoms with E-state index >= 15 is 0 Å². The SMILES string of the molecule is C=C(O)C[C@H](C)CCC=C(C)C. The molecule has 0 spiro atoms. The molecule has 0 aromatic heterocycles. The van der Waals surface area contributed by atoms with Crippen molar-refractivity contribution < 1.29 is 5.11 Å². The third-order valence-electron chi connectivity index (χ3n) is 1.80. The van der Waals surface area contributed by atoms with E-state index in [1.54, 1.807) is 0 Å². The van der Waals surface area contributed by atoms with Crippen LogP contribution in [0.25, 0.3) is 0 Å². The first-order chi connectivity index (χ1) is 5.52. The highest BCUT2D eigenvalue weighted by Crippen LogP contribution is 2.14. The van der Waals surface area contributed by atoms with Gasteiger partial charge in [0.15, 0.2) is 0 Å². The molecule has 0 saturated heterocycles. The van der Waals surface area contributed by atoms with E-state index < -0.39 is 0 Å². The van der Waals surface area contributed by atoms with Crippen LogP contribution in [0.3, 0.4) is 0 Å². The third-order valence-corrected chi connectivity index (χ3v) is 1.80. The summed E-state index contributed by atoms with van der Waals surface area (Å²) in [6.07, 6.45) is 5.20. The van der Waals surface area contributed by atoms with Gasteiger partial charge in [-0.25, -0.2) is 0 Å². The van der Waals surface area contributed by atoms with Gasteiger partial charge in [-0.15, -0.1) is 0 Å². The molecular weight excluding hydrogens is 148 g/mol. The lowest BCUT2D eigenvalue weighted by molar-refractivity contribution is 0.354. The van der Waals surface area contributed by atoms with Crippen LogP contribution in [0.4, 0.5) is 0 Å². The van der Waals surface area contributed by atoms with Crippen LogP contribution in [0.2, 0.25) is 0 Å². The molecule has 0 radical (unpaired) electrons. The van der Waals surface area contributed by atoms with Gasteiger partial charge in [-0.05, 0) is 32.6 Å². The van der Waals surface area contributed by atoms with E-state index in [4.69, 9.17) is 5.11 Å². The van der Waals surface area contributed by atoms with Gasteiger partial charge >= 0.3 is 0 Å². The van der Waals surface area contributed by atoms with Gasteiger partial charge in [-0.2, -0.15) is 0 Å². The number of aliphatic hydroxyl groups excluding tert-OH is 1. The maximum atomic E-state index is 8.92. The Hall–Kier alpha value is -0.720. The van der Waals surface area contributed by atoms with Crippen LogP contribution < -0.4 is 0 Å². The summed E-state index contributed by atoms with van der Waals surface area (Å²) in [5, 5.41) is 8.92. The van der Waals surface area contributed by atoms with Gasteiger partial charge in [0.25, 0.3) is 0 Å². The highest BCUT2D eigenvalue weighted by Gasteiger charge is 2.01. The van der Waals surface area contributed by atoms with Crippen LogP contribution in [0.1, 0.15) is 40.0 Å². The fourth-order valence-electron chi connectivity index (χ4n) is 1.16. The summed E-state index contributed by atoms with van der Waals surface area (Å²) in [7, 11) is 0. The minimum Gasteiger partial charge on any atom is -0.513 e. The monoisotopic (exact) mass is 168 g/mol. The first kappa shape index (κ1) is 11.3. The Morgan fingerprint density at radius 1 is 1.50 bits per heavy atom. The summed E-state index contributed by atoms with van der Waals surface area (Å²) in [5.74, 6) is 0.845. The average molecular weight is 168 g/mol.